The molecular formula is C19H16N4O3S. The molecule has 1 aromatic carbocycles. The van der Waals surface area contributed by atoms with Gasteiger partial charge in [0.1, 0.15) is 23.1 Å². The van der Waals surface area contributed by atoms with Crippen molar-refractivity contribution in [2.75, 3.05) is 14.2 Å². The third-order valence-electron chi connectivity index (χ3n) is 4.46. The second-order valence-electron chi connectivity index (χ2n) is 5.83. The van der Waals surface area contributed by atoms with Crippen LogP contribution in [0.1, 0.15) is 17.0 Å². The minimum atomic E-state index is -0.476. The highest BCUT2D eigenvalue weighted by Gasteiger charge is 2.37. The number of nitrogens with zero attached hydrogens (tertiary/aromatic N) is 2. The summed E-state index contributed by atoms with van der Waals surface area (Å²) in [7, 11) is 3.16. The van der Waals surface area contributed by atoms with E-state index >= 15 is 0 Å². The molecule has 3 N–H and O–H groups in total. The van der Waals surface area contributed by atoms with E-state index < -0.39 is 5.92 Å². The van der Waals surface area contributed by atoms with Crippen LogP contribution in [0.5, 0.6) is 17.4 Å². The van der Waals surface area contributed by atoms with Gasteiger partial charge in [0, 0.05) is 11.6 Å². The first-order valence-electron chi connectivity index (χ1n) is 8.09. The van der Waals surface area contributed by atoms with E-state index in [0.29, 0.717) is 23.0 Å². The summed E-state index contributed by atoms with van der Waals surface area (Å²) in [5.41, 5.74) is 8.67. The number of aromatic amines is 1. The van der Waals surface area contributed by atoms with E-state index in [4.69, 9.17) is 19.9 Å². The predicted octanol–water partition coefficient (Wildman–Crippen LogP) is 3.37. The van der Waals surface area contributed by atoms with Gasteiger partial charge in [-0.05, 0) is 17.5 Å². The van der Waals surface area contributed by atoms with Gasteiger partial charge in [0.25, 0.3) is 0 Å². The number of H-pyrrole nitrogens is 1. The third kappa shape index (κ3) is 2.69. The average Bonchev–Trinajstić information content (AvgIpc) is 3.35. The molecule has 0 bridgehead atoms. The lowest BCUT2D eigenvalue weighted by molar-refractivity contribution is 0.373. The Labute approximate surface area is 159 Å². The maximum Gasteiger partial charge on any atom is 0.244 e. The maximum absolute atomic E-state index is 9.78. The number of hydrogen-bond donors (Lipinski definition) is 2. The molecule has 1 aliphatic heterocycles. The van der Waals surface area contributed by atoms with Gasteiger partial charge < -0.3 is 19.9 Å². The molecule has 0 amide bonds. The number of thiophene rings is 1. The van der Waals surface area contributed by atoms with E-state index in [1.807, 2.05) is 29.6 Å². The molecule has 4 rings (SSSR count). The van der Waals surface area contributed by atoms with Gasteiger partial charge in [-0.3, -0.25) is 5.10 Å². The van der Waals surface area contributed by atoms with E-state index in [2.05, 4.69) is 16.3 Å². The number of benzene rings is 1. The molecule has 0 fully saturated rings. The fourth-order valence-corrected chi connectivity index (χ4v) is 3.96. The van der Waals surface area contributed by atoms with Gasteiger partial charge in [-0.2, -0.15) is 5.26 Å². The first kappa shape index (κ1) is 17.0. The zero-order chi connectivity index (χ0) is 19.0. The molecule has 0 radical (unpaired) electrons. The van der Waals surface area contributed by atoms with E-state index in [1.165, 1.54) is 0 Å². The summed E-state index contributed by atoms with van der Waals surface area (Å²) in [6.07, 6.45) is 0. The molecular weight excluding hydrogens is 364 g/mol. The Morgan fingerprint density at radius 3 is 2.81 bits per heavy atom. The van der Waals surface area contributed by atoms with Crippen LogP contribution in [-0.2, 0) is 0 Å². The lowest BCUT2D eigenvalue weighted by atomic mass is 9.83. The summed E-state index contributed by atoms with van der Waals surface area (Å²) in [4.78, 5) is 0.989. The minimum Gasteiger partial charge on any atom is -0.497 e. The Balaban J connectivity index is 1.97. The van der Waals surface area contributed by atoms with Crippen LogP contribution >= 0.6 is 11.3 Å². The van der Waals surface area contributed by atoms with Crippen molar-refractivity contribution in [2.24, 2.45) is 5.73 Å². The lowest BCUT2D eigenvalue weighted by Gasteiger charge is -2.25. The molecule has 0 aliphatic carbocycles. The van der Waals surface area contributed by atoms with Gasteiger partial charge in [-0.25, -0.2) is 0 Å². The SMILES string of the molecule is COc1ccc(C2C(C#N)=C(N)Oc3n[nH]c(-c4cccs4)c32)c(OC)c1. The summed E-state index contributed by atoms with van der Waals surface area (Å²) < 4.78 is 16.5. The van der Waals surface area contributed by atoms with Crippen molar-refractivity contribution >= 4 is 11.3 Å². The van der Waals surface area contributed by atoms with Crippen molar-refractivity contribution in [3.8, 4) is 34.0 Å². The van der Waals surface area contributed by atoms with Gasteiger partial charge in [-0.1, -0.05) is 12.1 Å². The molecule has 1 aliphatic rings. The van der Waals surface area contributed by atoms with Crippen molar-refractivity contribution in [1.29, 1.82) is 5.26 Å². The maximum atomic E-state index is 9.78. The Kier molecular flexibility index (Phi) is 4.22. The van der Waals surface area contributed by atoms with Crippen LogP contribution in [0.15, 0.2) is 47.2 Å². The van der Waals surface area contributed by atoms with E-state index in [0.717, 1.165) is 21.7 Å². The molecule has 0 saturated carbocycles. The topological polar surface area (TPSA) is 106 Å². The van der Waals surface area contributed by atoms with Crippen LogP contribution in [0.4, 0.5) is 0 Å². The number of fused-ring (bicyclic) bond motifs is 1. The smallest absolute Gasteiger partial charge is 0.244 e. The number of nitrogens with one attached hydrogen (secondary N) is 1. The molecule has 2 aromatic heterocycles. The molecule has 7 nitrogen and oxygen atoms in total. The monoisotopic (exact) mass is 380 g/mol. The molecule has 0 saturated heterocycles. The second-order valence-corrected chi connectivity index (χ2v) is 6.78. The largest absolute Gasteiger partial charge is 0.497 e. The number of aromatic nitrogens is 2. The fraction of sp³-hybridized carbons (Fsp3) is 0.158. The van der Waals surface area contributed by atoms with Crippen LogP contribution < -0.4 is 19.9 Å². The highest BCUT2D eigenvalue weighted by molar-refractivity contribution is 7.13. The summed E-state index contributed by atoms with van der Waals surface area (Å²) in [5, 5.41) is 19.0. The third-order valence-corrected chi connectivity index (χ3v) is 5.35. The van der Waals surface area contributed by atoms with Crippen LogP contribution in [0.2, 0.25) is 0 Å². The number of nitrogens with two attached hydrogens (primary N) is 1. The number of rotatable bonds is 4. The van der Waals surface area contributed by atoms with E-state index in [1.54, 1.807) is 31.6 Å². The van der Waals surface area contributed by atoms with E-state index in [-0.39, 0.29) is 5.88 Å². The molecule has 8 heteroatoms. The standard InChI is InChI=1S/C19H16N4O3S/c1-24-10-5-6-11(13(8-10)25-2)15-12(9-20)18(21)26-19-16(15)17(22-23-19)14-4-3-7-27-14/h3-8,15H,21H2,1-2H3,(H,22,23). The molecule has 3 heterocycles. The Morgan fingerprint density at radius 1 is 1.30 bits per heavy atom. The molecule has 0 spiro atoms. The van der Waals surface area contributed by atoms with Gasteiger partial charge in [0.15, 0.2) is 0 Å². The highest BCUT2D eigenvalue weighted by Crippen LogP contribution is 2.48. The molecule has 1 atom stereocenters. The van der Waals surface area contributed by atoms with Crippen LogP contribution in [0.3, 0.4) is 0 Å². The zero-order valence-corrected chi connectivity index (χ0v) is 15.5. The van der Waals surface area contributed by atoms with Gasteiger partial charge in [0.05, 0.1) is 36.3 Å². The highest BCUT2D eigenvalue weighted by atomic mass is 32.1. The Bertz CT molecular complexity index is 1060. The van der Waals surface area contributed by atoms with Crippen molar-refractivity contribution in [3.63, 3.8) is 0 Å². The number of allylic oxidation sites excluding steroid dienone is 1. The number of nitriles is 1. The second kappa shape index (κ2) is 6.70. The number of ether oxygens (including phenoxy) is 3. The van der Waals surface area contributed by atoms with Crippen LogP contribution in [0.25, 0.3) is 10.6 Å². The van der Waals surface area contributed by atoms with Crippen molar-refractivity contribution in [2.45, 2.75) is 5.92 Å². The number of hydrogen-bond acceptors (Lipinski definition) is 7. The van der Waals surface area contributed by atoms with Gasteiger partial charge in [0.2, 0.25) is 11.8 Å². The summed E-state index contributed by atoms with van der Waals surface area (Å²) in [6.45, 7) is 0. The Hall–Kier alpha value is -3.44. The van der Waals surface area contributed by atoms with Gasteiger partial charge in [-0.15, -0.1) is 16.4 Å². The van der Waals surface area contributed by atoms with Crippen molar-refractivity contribution < 1.29 is 14.2 Å². The van der Waals surface area contributed by atoms with Crippen molar-refractivity contribution in [1.82, 2.24) is 10.2 Å². The first-order chi connectivity index (χ1) is 13.2. The molecule has 27 heavy (non-hydrogen) atoms. The predicted molar refractivity (Wildman–Crippen MR) is 101 cm³/mol. The normalized spacial score (nSPS) is 15.7. The summed E-state index contributed by atoms with van der Waals surface area (Å²) in [5.74, 6) is 1.17. The molecule has 3 aromatic rings. The minimum absolute atomic E-state index is 0.0390. The fourth-order valence-electron chi connectivity index (χ4n) is 3.22. The van der Waals surface area contributed by atoms with E-state index in [9.17, 15) is 5.26 Å². The zero-order valence-electron chi connectivity index (χ0n) is 14.6. The summed E-state index contributed by atoms with van der Waals surface area (Å²) in [6, 6.07) is 11.6. The molecule has 1 unspecified atom stereocenters. The van der Waals surface area contributed by atoms with Crippen LogP contribution in [0, 0.1) is 11.3 Å². The molecule has 136 valence electrons. The summed E-state index contributed by atoms with van der Waals surface area (Å²) >= 11 is 1.57. The first-order valence-corrected chi connectivity index (χ1v) is 8.97. The van der Waals surface area contributed by atoms with Crippen molar-refractivity contribution in [3.05, 3.63) is 58.3 Å². The average molecular weight is 380 g/mol. The van der Waals surface area contributed by atoms with Gasteiger partial charge >= 0.3 is 0 Å². The lowest BCUT2D eigenvalue weighted by Crippen LogP contribution is -2.21. The van der Waals surface area contributed by atoms with Crippen LogP contribution in [-0.4, -0.2) is 24.4 Å². The quantitative estimate of drug-likeness (QED) is 0.719. The number of methoxy groups -OCH3 is 2. The Morgan fingerprint density at radius 2 is 2.15 bits per heavy atom.